The van der Waals surface area contributed by atoms with Gasteiger partial charge in [0.2, 0.25) is 11.7 Å². The number of halogens is 3. The van der Waals surface area contributed by atoms with Gasteiger partial charge in [0.15, 0.2) is 11.5 Å². The minimum absolute atomic E-state index is 0.0243. The third-order valence-corrected chi connectivity index (χ3v) is 3.89. The summed E-state index contributed by atoms with van der Waals surface area (Å²) in [4.78, 5) is 18.4. The zero-order valence-electron chi connectivity index (χ0n) is 14.8. The van der Waals surface area contributed by atoms with E-state index >= 15 is 0 Å². The van der Waals surface area contributed by atoms with E-state index in [-0.39, 0.29) is 22.6 Å². The zero-order chi connectivity index (χ0) is 20.5. The molecule has 0 fully saturated rings. The highest BCUT2D eigenvalue weighted by Crippen LogP contribution is 2.37. The van der Waals surface area contributed by atoms with Crippen molar-refractivity contribution in [3.8, 4) is 11.5 Å². The number of methoxy groups -OCH3 is 2. The summed E-state index contributed by atoms with van der Waals surface area (Å²) in [5, 5.41) is 3.11. The number of primary amides is 1. The van der Waals surface area contributed by atoms with Crippen LogP contribution in [0.1, 0.15) is 16.2 Å². The van der Waals surface area contributed by atoms with Gasteiger partial charge in [0.1, 0.15) is 5.82 Å². The Hall–Kier alpha value is -3.56. The molecule has 0 saturated carbocycles. The molecular weight excluding hydrogens is 377 g/mol. The van der Waals surface area contributed by atoms with Crippen LogP contribution in [-0.4, -0.2) is 30.1 Å². The first kappa shape index (κ1) is 19.2. The van der Waals surface area contributed by atoms with Crippen LogP contribution in [0.3, 0.4) is 0 Å². The van der Waals surface area contributed by atoms with Gasteiger partial charge >= 0.3 is 6.18 Å². The second-order valence-corrected chi connectivity index (χ2v) is 5.68. The molecule has 3 rings (SSSR count). The number of alkyl halides is 3. The van der Waals surface area contributed by atoms with Gasteiger partial charge in [-0.15, -0.1) is 0 Å². The number of nitrogens with zero attached hydrogens (tertiary/aromatic N) is 2. The monoisotopic (exact) mass is 392 g/mol. The van der Waals surface area contributed by atoms with E-state index in [0.717, 1.165) is 0 Å². The summed E-state index contributed by atoms with van der Waals surface area (Å²) in [7, 11) is 2.78. The normalized spacial score (nSPS) is 11.3. The molecule has 0 spiro atoms. The van der Waals surface area contributed by atoms with E-state index in [1.807, 2.05) is 0 Å². The molecule has 7 nitrogen and oxygen atoms in total. The SMILES string of the molecule is COc1cc2nc(C(F)(F)F)nc(Nc3ccc(C(N)=O)cc3)c2cc1OC. The Balaban J connectivity index is 2.16. The maximum Gasteiger partial charge on any atom is 0.451 e. The van der Waals surface area contributed by atoms with Gasteiger partial charge in [-0.2, -0.15) is 13.2 Å². The molecule has 28 heavy (non-hydrogen) atoms. The minimum atomic E-state index is -4.74. The Bertz CT molecular complexity index is 1040. The lowest BCUT2D eigenvalue weighted by atomic mass is 10.1. The fourth-order valence-corrected chi connectivity index (χ4v) is 2.53. The molecule has 0 radical (unpaired) electrons. The van der Waals surface area contributed by atoms with Crippen LogP contribution in [0.4, 0.5) is 24.7 Å². The van der Waals surface area contributed by atoms with Crippen LogP contribution < -0.4 is 20.5 Å². The van der Waals surface area contributed by atoms with E-state index in [1.54, 1.807) is 0 Å². The molecule has 1 heterocycles. The van der Waals surface area contributed by atoms with E-state index in [2.05, 4.69) is 15.3 Å². The number of hydrogen-bond acceptors (Lipinski definition) is 6. The van der Waals surface area contributed by atoms with Crippen molar-refractivity contribution in [2.75, 3.05) is 19.5 Å². The van der Waals surface area contributed by atoms with Gasteiger partial charge in [-0.25, -0.2) is 9.97 Å². The van der Waals surface area contributed by atoms with Gasteiger partial charge in [0.05, 0.1) is 19.7 Å². The first-order chi connectivity index (χ1) is 13.2. The highest BCUT2D eigenvalue weighted by Gasteiger charge is 2.35. The Morgan fingerprint density at radius 3 is 2.18 bits per heavy atom. The summed E-state index contributed by atoms with van der Waals surface area (Å²) in [6, 6.07) is 8.72. The number of ether oxygens (including phenoxy) is 2. The van der Waals surface area contributed by atoms with Crippen LogP contribution in [0, 0.1) is 0 Å². The smallest absolute Gasteiger partial charge is 0.451 e. The van der Waals surface area contributed by atoms with Crippen LogP contribution in [0.25, 0.3) is 10.9 Å². The number of anilines is 2. The van der Waals surface area contributed by atoms with Crippen LogP contribution in [0.15, 0.2) is 36.4 Å². The second kappa shape index (κ2) is 7.22. The summed E-state index contributed by atoms with van der Waals surface area (Å²) in [5.74, 6) is -1.45. The predicted molar refractivity (Wildman–Crippen MR) is 95.9 cm³/mol. The van der Waals surface area contributed by atoms with E-state index in [9.17, 15) is 18.0 Å². The number of amides is 1. The van der Waals surface area contributed by atoms with E-state index in [1.165, 1.54) is 50.6 Å². The number of carbonyl (C=O) groups excluding carboxylic acids is 1. The topological polar surface area (TPSA) is 99.4 Å². The second-order valence-electron chi connectivity index (χ2n) is 5.68. The fourth-order valence-electron chi connectivity index (χ4n) is 2.53. The predicted octanol–water partition coefficient (Wildman–Crippen LogP) is 3.51. The third-order valence-electron chi connectivity index (χ3n) is 3.89. The van der Waals surface area contributed by atoms with Crippen molar-refractivity contribution in [2.45, 2.75) is 6.18 Å². The molecule has 2 aromatic carbocycles. The number of aromatic nitrogens is 2. The highest BCUT2D eigenvalue weighted by atomic mass is 19.4. The summed E-state index contributed by atoms with van der Waals surface area (Å²) in [5.41, 5.74) is 5.89. The number of carbonyl (C=O) groups is 1. The molecule has 0 aliphatic heterocycles. The van der Waals surface area contributed by atoms with Gasteiger partial charge in [0, 0.05) is 22.7 Å². The van der Waals surface area contributed by atoms with E-state index in [4.69, 9.17) is 15.2 Å². The first-order valence-electron chi connectivity index (χ1n) is 7.90. The summed E-state index contributed by atoms with van der Waals surface area (Å²) in [6.45, 7) is 0. The van der Waals surface area contributed by atoms with Crippen LogP contribution >= 0.6 is 0 Å². The van der Waals surface area contributed by atoms with Crippen molar-refractivity contribution in [1.82, 2.24) is 9.97 Å². The minimum Gasteiger partial charge on any atom is -0.493 e. The number of nitrogens with one attached hydrogen (secondary N) is 1. The van der Waals surface area contributed by atoms with Crippen LogP contribution in [0.5, 0.6) is 11.5 Å². The summed E-state index contributed by atoms with van der Waals surface area (Å²) < 4.78 is 50.1. The van der Waals surface area contributed by atoms with Crippen molar-refractivity contribution in [2.24, 2.45) is 5.73 Å². The average molecular weight is 392 g/mol. The Morgan fingerprint density at radius 1 is 1.04 bits per heavy atom. The van der Waals surface area contributed by atoms with Crippen molar-refractivity contribution in [3.05, 3.63) is 47.8 Å². The number of hydrogen-bond donors (Lipinski definition) is 2. The largest absolute Gasteiger partial charge is 0.493 e. The maximum atomic E-state index is 13.2. The summed E-state index contributed by atoms with van der Waals surface area (Å²) in [6.07, 6.45) is -4.74. The van der Waals surface area contributed by atoms with Crippen LogP contribution in [-0.2, 0) is 6.18 Å². The molecule has 1 aromatic heterocycles. The van der Waals surface area contributed by atoms with Crippen molar-refractivity contribution < 1.29 is 27.4 Å². The standard InChI is InChI=1S/C18H15F3N4O3/c1-27-13-7-11-12(8-14(13)28-2)24-17(18(19,20)21)25-16(11)23-10-5-3-9(4-6-10)15(22)26/h3-8H,1-2H3,(H2,22,26)(H,23,24,25). The lowest BCUT2D eigenvalue weighted by Gasteiger charge is -2.15. The zero-order valence-corrected chi connectivity index (χ0v) is 14.8. The molecule has 3 N–H and O–H groups in total. The molecule has 0 unspecified atom stereocenters. The van der Waals surface area contributed by atoms with Crippen molar-refractivity contribution in [1.29, 1.82) is 0 Å². The van der Waals surface area contributed by atoms with Crippen molar-refractivity contribution in [3.63, 3.8) is 0 Å². The molecule has 146 valence electrons. The Kier molecular flexibility index (Phi) is 4.95. The number of rotatable bonds is 5. The van der Waals surface area contributed by atoms with E-state index < -0.39 is 17.9 Å². The van der Waals surface area contributed by atoms with E-state index in [0.29, 0.717) is 16.8 Å². The van der Waals surface area contributed by atoms with Gasteiger partial charge in [0.25, 0.3) is 0 Å². The Morgan fingerprint density at radius 2 is 1.64 bits per heavy atom. The molecule has 1 amide bonds. The van der Waals surface area contributed by atoms with Gasteiger partial charge in [-0.3, -0.25) is 4.79 Å². The number of fused-ring (bicyclic) bond motifs is 1. The Labute approximate surface area is 157 Å². The van der Waals surface area contributed by atoms with Crippen molar-refractivity contribution >= 4 is 28.3 Å². The molecule has 0 saturated heterocycles. The fraction of sp³-hybridized carbons (Fsp3) is 0.167. The first-order valence-corrected chi connectivity index (χ1v) is 7.90. The molecule has 0 aliphatic carbocycles. The van der Waals surface area contributed by atoms with Gasteiger partial charge < -0.3 is 20.5 Å². The van der Waals surface area contributed by atoms with Gasteiger partial charge in [-0.1, -0.05) is 0 Å². The maximum absolute atomic E-state index is 13.2. The molecule has 10 heteroatoms. The summed E-state index contributed by atoms with van der Waals surface area (Å²) >= 11 is 0. The molecule has 0 bridgehead atoms. The molecule has 0 aliphatic rings. The lowest BCUT2D eigenvalue weighted by Crippen LogP contribution is -2.13. The average Bonchev–Trinajstić information content (AvgIpc) is 2.66. The van der Waals surface area contributed by atoms with Gasteiger partial charge in [-0.05, 0) is 30.3 Å². The lowest BCUT2D eigenvalue weighted by molar-refractivity contribution is -0.144. The number of nitrogens with two attached hydrogens (primary N) is 1. The highest BCUT2D eigenvalue weighted by molar-refractivity contribution is 5.95. The van der Waals surface area contributed by atoms with Crippen LogP contribution in [0.2, 0.25) is 0 Å². The number of benzene rings is 2. The quantitative estimate of drug-likeness (QED) is 0.689. The molecular formula is C18H15F3N4O3. The third kappa shape index (κ3) is 3.75. The molecule has 0 atom stereocenters. The molecule has 3 aromatic rings.